The molecule has 0 aliphatic rings. The van der Waals surface area contributed by atoms with Crippen LogP contribution < -0.4 is 10.9 Å². The van der Waals surface area contributed by atoms with E-state index in [1.54, 1.807) is 11.7 Å². The van der Waals surface area contributed by atoms with Gasteiger partial charge in [0.15, 0.2) is 5.13 Å². The molecule has 2 rings (SSSR count). The first-order chi connectivity index (χ1) is 10.0. The fourth-order valence-corrected chi connectivity index (χ4v) is 2.96. The van der Waals surface area contributed by atoms with Crippen LogP contribution in [0.5, 0.6) is 0 Å². The van der Waals surface area contributed by atoms with E-state index in [0.29, 0.717) is 18.7 Å². The Morgan fingerprint density at radius 3 is 2.86 bits per heavy atom. The lowest BCUT2D eigenvalue weighted by Crippen LogP contribution is -2.25. The molecule has 0 aromatic carbocycles. The number of thiazole rings is 1. The molecule has 0 bridgehead atoms. The smallest absolute Gasteiger partial charge is 0.260 e. The maximum Gasteiger partial charge on any atom is 0.260 e. The number of ether oxygens (including phenoxy) is 1. The first kappa shape index (κ1) is 15.7. The van der Waals surface area contributed by atoms with E-state index in [1.807, 2.05) is 38.3 Å². The van der Waals surface area contributed by atoms with Crippen LogP contribution in [0, 0.1) is 6.92 Å². The van der Waals surface area contributed by atoms with Crippen LogP contribution in [0.2, 0.25) is 0 Å². The predicted molar refractivity (Wildman–Crippen MR) is 87.3 cm³/mol. The van der Waals surface area contributed by atoms with Crippen molar-refractivity contribution in [1.82, 2.24) is 9.55 Å². The number of aryl methyl sites for hydroxylation is 1. The zero-order valence-corrected chi connectivity index (χ0v) is 13.7. The van der Waals surface area contributed by atoms with Crippen molar-refractivity contribution in [2.45, 2.75) is 26.8 Å². The molecule has 21 heavy (non-hydrogen) atoms. The number of rotatable bonds is 6. The Hall–Kier alpha value is -1.66. The second-order valence-corrected chi connectivity index (χ2v) is 5.97. The summed E-state index contributed by atoms with van der Waals surface area (Å²) in [5.41, 5.74) is 2.34. The Kier molecular flexibility index (Phi) is 5.14. The summed E-state index contributed by atoms with van der Waals surface area (Å²) in [6, 6.07) is 3.95. The van der Waals surface area contributed by atoms with E-state index < -0.39 is 0 Å². The van der Waals surface area contributed by atoms with Crippen LogP contribution in [0.3, 0.4) is 0 Å². The quantitative estimate of drug-likeness (QED) is 0.834. The number of methoxy groups -OCH3 is 1. The molecule has 5 nitrogen and oxygen atoms in total. The Morgan fingerprint density at radius 2 is 2.19 bits per heavy atom. The monoisotopic (exact) mass is 307 g/mol. The molecule has 6 heteroatoms. The minimum Gasteiger partial charge on any atom is -0.383 e. The molecular formula is C15H21N3O2S. The standard InChI is InChI=1S/C15H21N3O2S/c1-10(2)18-11(3)5-6-12(14(18)19)13-9-21-15(17-13)16-7-8-20-4/h5-6,9-10H,7-8H2,1-4H3,(H,16,17). The molecule has 0 unspecified atom stereocenters. The lowest BCUT2D eigenvalue weighted by Gasteiger charge is -2.14. The highest BCUT2D eigenvalue weighted by Crippen LogP contribution is 2.23. The molecule has 0 fully saturated rings. The van der Waals surface area contributed by atoms with Gasteiger partial charge in [-0.2, -0.15) is 0 Å². The van der Waals surface area contributed by atoms with Crippen molar-refractivity contribution in [2.24, 2.45) is 0 Å². The van der Waals surface area contributed by atoms with Crippen molar-refractivity contribution in [1.29, 1.82) is 0 Å². The molecular weight excluding hydrogens is 286 g/mol. The molecule has 0 amide bonds. The molecule has 0 atom stereocenters. The average molecular weight is 307 g/mol. The molecule has 0 spiro atoms. The largest absolute Gasteiger partial charge is 0.383 e. The maximum absolute atomic E-state index is 12.6. The van der Waals surface area contributed by atoms with Gasteiger partial charge in [-0.3, -0.25) is 4.79 Å². The van der Waals surface area contributed by atoms with Gasteiger partial charge in [-0.1, -0.05) is 0 Å². The van der Waals surface area contributed by atoms with Gasteiger partial charge in [0.2, 0.25) is 0 Å². The van der Waals surface area contributed by atoms with Crippen molar-refractivity contribution in [3.63, 3.8) is 0 Å². The molecule has 0 aliphatic carbocycles. The molecule has 2 aromatic heterocycles. The maximum atomic E-state index is 12.6. The summed E-state index contributed by atoms with van der Waals surface area (Å²) < 4.78 is 6.79. The zero-order chi connectivity index (χ0) is 15.4. The summed E-state index contributed by atoms with van der Waals surface area (Å²) >= 11 is 1.50. The summed E-state index contributed by atoms with van der Waals surface area (Å²) in [7, 11) is 1.66. The zero-order valence-electron chi connectivity index (χ0n) is 12.8. The molecule has 1 N–H and O–H groups in total. The third-order valence-corrected chi connectivity index (χ3v) is 4.00. The van der Waals surface area contributed by atoms with E-state index in [9.17, 15) is 4.79 Å². The number of aromatic nitrogens is 2. The van der Waals surface area contributed by atoms with Crippen LogP contribution in [0.15, 0.2) is 22.3 Å². The highest BCUT2D eigenvalue weighted by Gasteiger charge is 2.13. The summed E-state index contributed by atoms with van der Waals surface area (Å²) in [6.07, 6.45) is 0. The van der Waals surface area contributed by atoms with Crippen molar-refractivity contribution in [2.75, 3.05) is 25.6 Å². The molecule has 114 valence electrons. The SMILES string of the molecule is COCCNc1nc(-c2ccc(C)n(C(C)C)c2=O)cs1. The second-order valence-electron chi connectivity index (χ2n) is 5.11. The van der Waals surface area contributed by atoms with Gasteiger partial charge >= 0.3 is 0 Å². The van der Waals surface area contributed by atoms with Crippen LogP contribution in [-0.2, 0) is 4.74 Å². The fourth-order valence-electron chi connectivity index (χ4n) is 2.22. The lowest BCUT2D eigenvalue weighted by molar-refractivity contribution is 0.211. The summed E-state index contributed by atoms with van der Waals surface area (Å²) in [6.45, 7) is 7.30. The van der Waals surface area contributed by atoms with Gasteiger partial charge in [-0.25, -0.2) is 4.98 Å². The third-order valence-electron chi connectivity index (χ3n) is 3.20. The molecule has 2 aromatic rings. The predicted octanol–water partition coefficient (Wildman–Crippen LogP) is 2.92. The van der Waals surface area contributed by atoms with E-state index in [4.69, 9.17) is 4.74 Å². The first-order valence-corrected chi connectivity index (χ1v) is 7.83. The van der Waals surface area contributed by atoms with Gasteiger partial charge in [-0.15, -0.1) is 11.3 Å². The van der Waals surface area contributed by atoms with Crippen LogP contribution >= 0.6 is 11.3 Å². The van der Waals surface area contributed by atoms with Gasteiger partial charge in [-0.05, 0) is 32.9 Å². The number of anilines is 1. The summed E-state index contributed by atoms with van der Waals surface area (Å²) in [5, 5.41) is 5.89. The molecule has 0 saturated heterocycles. The van der Waals surface area contributed by atoms with Gasteiger partial charge in [0.05, 0.1) is 17.9 Å². The van der Waals surface area contributed by atoms with E-state index in [2.05, 4.69) is 10.3 Å². The van der Waals surface area contributed by atoms with Crippen molar-refractivity contribution >= 4 is 16.5 Å². The number of nitrogens with one attached hydrogen (secondary N) is 1. The van der Waals surface area contributed by atoms with Gasteiger partial charge in [0.25, 0.3) is 5.56 Å². The van der Waals surface area contributed by atoms with E-state index >= 15 is 0 Å². The highest BCUT2D eigenvalue weighted by molar-refractivity contribution is 7.14. The highest BCUT2D eigenvalue weighted by atomic mass is 32.1. The Balaban J connectivity index is 2.31. The molecule has 2 heterocycles. The minimum atomic E-state index is 0.0127. The molecule has 0 saturated carbocycles. The van der Waals surface area contributed by atoms with Crippen molar-refractivity contribution < 1.29 is 4.74 Å². The second kappa shape index (κ2) is 6.87. The Bertz CT molecular complexity index is 661. The van der Waals surface area contributed by atoms with Crippen molar-refractivity contribution in [3.05, 3.63) is 33.6 Å². The number of nitrogens with zero attached hydrogens (tertiary/aromatic N) is 2. The minimum absolute atomic E-state index is 0.0127. The number of hydrogen-bond donors (Lipinski definition) is 1. The van der Waals surface area contributed by atoms with Crippen LogP contribution in [0.4, 0.5) is 5.13 Å². The van der Waals surface area contributed by atoms with Crippen LogP contribution in [0.1, 0.15) is 25.6 Å². The van der Waals surface area contributed by atoms with E-state index in [0.717, 1.165) is 16.5 Å². The topological polar surface area (TPSA) is 56.1 Å². The number of pyridine rings is 1. The van der Waals surface area contributed by atoms with Gasteiger partial charge in [0.1, 0.15) is 0 Å². The van der Waals surface area contributed by atoms with E-state index in [1.165, 1.54) is 11.3 Å². The number of hydrogen-bond acceptors (Lipinski definition) is 5. The van der Waals surface area contributed by atoms with Crippen molar-refractivity contribution in [3.8, 4) is 11.3 Å². The molecule has 0 aliphatic heterocycles. The van der Waals surface area contributed by atoms with Crippen LogP contribution in [-0.4, -0.2) is 29.8 Å². The van der Waals surface area contributed by atoms with E-state index in [-0.39, 0.29) is 11.6 Å². The Labute approximate surface area is 128 Å². The lowest BCUT2D eigenvalue weighted by atomic mass is 10.2. The average Bonchev–Trinajstić information content (AvgIpc) is 2.87. The summed E-state index contributed by atoms with van der Waals surface area (Å²) in [4.78, 5) is 17.1. The van der Waals surface area contributed by atoms with Gasteiger partial charge < -0.3 is 14.6 Å². The summed E-state index contributed by atoms with van der Waals surface area (Å²) in [5.74, 6) is 0. The first-order valence-electron chi connectivity index (χ1n) is 6.95. The Morgan fingerprint density at radius 1 is 1.43 bits per heavy atom. The normalized spacial score (nSPS) is 11.1. The third kappa shape index (κ3) is 3.51. The molecule has 0 radical (unpaired) electrons. The van der Waals surface area contributed by atoms with Gasteiger partial charge in [0, 0.05) is 30.8 Å². The van der Waals surface area contributed by atoms with Crippen LogP contribution in [0.25, 0.3) is 11.3 Å². The fraction of sp³-hybridized carbons (Fsp3) is 0.467.